The smallest absolute Gasteiger partial charge is 0.198 e. The molecule has 1 saturated heterocycles. The van der Waals surface area contributed by atoms with Gasteiger partial charge in [-0.25, -0.2) is 17.5 Å². The number of halogens is 1. The Bertz CT molecular complexity index is 1160. The molecule has 2 heterocycles. The van der Waals surface area contributed by atoms with Crippen LogP contribution in [0.1, 0.15) is 37.2 Å². The number of piperazine rings is 1. The fourth-order valence-corrected chi connectivity index (χ4v) is 5.42. The predicted octanol–water partition coefficient (Wildman–Crippen LogP) is 3.22. The summed E-state index contributed by atoms with van der Waals surface area (Å²) in [5, 5.41) is 12.1. The van der Waals surface area contributed by atoms with Gasteiger partial charge in [0.1, 0.15) is 5.82 Å². The molecule has 10 heteroatoms. The normalized spacial score (nSPS) is 16.2. The molecule has 0 unspecified atom stereocenters. The lowest BCUT2D eigenvalue weighted by atomic mass is 10.1. The number of nitrogens with zero attached hydrogens (tertiary/aromatic N) is 6. The molecule has 0 spiro atoms. The molecule has 1 aliphatic heterocycles. The van der Waals surface area contributed by atoms with Crippen LogP contribution in [-0.4, -0.2) is 59.7 Å². The van der Waals surface area contributed by atoms with Crippen LogP contribution in [0.4, 0.5) is 10.1 Å². The summed E-state index contributed by atoms with van der Waals surface area (Å²) < 4.78 is 40.6. The largest absolute Gasteiger partial charge is 0.369 e. The van der Waals surface area contributed by atoms with E-state index in [0.717, 1.165) is 50.3 Å². The first-order valence-electron chi connectivity index (χ1n) is 11.2. The molecule has 176 valence electrons. The molecule has 0 radical (unpaired) electrons. The monoisotopic (exact) mass is 472 g/mol. The van der Waals surface area contributed by atoms with Crippen molar-refractivity contribution in [3.05, 3.63) is 65.7 Å². The summed E-state index contributed by atoms with van der Waals surface area (Å²) >= 11 is 0. The van der Waals surface area contributed by atoms with Gasteiger partial charge in [0, 0.05) is 31.9 Å². The second-order valence-electron chi connectivity index (χ2n) is 8.40. The summed E-state index contributed by atoms with van der Waals surface area (Å²) in [6, 6.07) is 13.3. The number of aromatic nitrogens is 4. The Morgan fingerprint density at radius 1 is 1.00 bits per heavy atom. The minimum atomic E-state index is -3.59. The molecular formula is C23H29FN6O2S. The second-order valence-corrected chi connectivity index (χ2v) is 10.4. The van der Waals surface area contributed by atoms with Gasteiger partial charge in [0.2, 0.25) is 0 Å². The van der Waals surface area contributed by atoms with Crippen molar-refractivity contribution in [2.24, 2.45) is 0 Å². The SMILES string of the molecule is CCC[C@@H](c1nnnn1CS(=O)(=O)c1ccc(C)cc1)N1CCN(c2ccc(F)cc2)CC1. The number of aryl methyl sites for hydroxylation is 1. The van der Waals surface area contributed by atoms with Crippen LogP contribution < -0.4 is 4.90 Å². The van der Waals surface area contributed by atoms with Crippen LogP contribution in [0, 0.1) is 12.7 Å². The van der Waals surface area contributed by atoms with Crippen molar-refractivity contribution < 1.29 is 12.8 Å². The molecule has 0 aliphatic carbocycles. The van der Waals surface area contributed by atoms with Crippen LogP contribution in [0.15, 0.2) is 53.4 Å². The van der Waals surface area contributed by atoms with Gasteiger partial charge >= 0.3 is 0 Å². The van der Waals surface area contributed by atoms with E-state index in [0.29, 0.717) is 5.82 Å². The van der Waals surface area contributed by atoms with Gasteiger partial charge in [-0.1, -0.05) is 31.0 Å². The van der Waals surface area contributed by atoms with Gasteiger partial charge in [0.15, 0.2) is 21.5 Å². The Morgan fingerprint density at radius 3 is 2.30 bits per heavy atom. The summed E-state index contributed by atoms with van der Waals surface area (Å²) in [4.78, 5) is 4.79. The molecule has 1 fully saturated rings. The summed E-state index contributed by atoms with van der Waals surface area (Å²) in [6.45, 7) is 7.14. The van der Waals surface area contributed by atoms with Gasteiger partial charge in [0.05, 0.1) is 10.9 Å². The average Bonchev–Trinajstić information content (AvgIpc) is 3.25. The third-order valence-electron chi connectivity index (χ3n) is 6.04. The average molecular weight is 473 g/mol. The van der Waals surface area contributed by atoms with Crippen LogP contribution in [0.2, 0.25) is 0 Å². The number of benzene rings is 2. The maximum atomic E-state index is 13.3. The van der Waals surface area contributed by atoms with E-state index in [2.05, 4.69) is 32.2 Å². The molecule has 8 nitrogen and oxygen atoms in total. The van der Waals surface area contributed by atoms with Crippen molar-refractivity contribution in [2.75, 3.05) is 31.1 Å². The van der Waals surface area contributed by atoms with E-state index in [1.54, 1.807) is 36.4 Å². The Hall–Kier alpha value is -2.85. The van der Waals surface area contributed by atoms with Crippen molar-refractivity contribution >= 4 is 15.5 Å². The first-order chi connectivity index (χ1) is 15.9. The first-order valence-corrected chi connectivity index (χ1v) is 12.8. The number of anilines is 1. The number of rotatable bonds is 8. The van der Waals surface area contributed by atoms with Gasteiger partial charge in [-0.15, -0.1) is 5.10 Å². The van der Waals surface area contributed by atoms with E-state index >= 15 is 0 Å². The van der Waals surface area contributed by atoms with E-state index in [1.165, 1.54) is 16.8 Å². The van der Waals surface area contributed by atoms with E-state index < -0.39 is 9.84 Å². The maximum Gasteiger partial charge on any atom is 0.198 e. The van der Waals surface area contributed by atoms with Crippen LogP contribution >= 0.6 is 0 Å². The minimum absolute atomic E-state index is 0.0754. The molecule has 0 bridgehead atoms. The maximum absolute atomic E-state index is 13.3. The van der Waals surface area contributed by atoms with Crippen molar-refractivity contribution in [1.82, 2.24) is 25.1 Å². The minimum Gasteiger partial charge on any atom is -0.369 e. The molecular weight excluding hydrogens is 443 g/mol. The summed E-state index contributed by atoms with van der Waals surface area (Å²) in [6.07, 6.45) is 1.74. The fourth-order valence-electron chi connectivity index (χ4n) is 4.22. The number of hydrogen-bond acceptors (Lipinski definition) is 7. The second kappa shape index (κ2) is 9.96. The molecule has 0 saturated carbocycles. The molecule has 3 aromatic rings. The topological polar surface area (TPSA) is 84.2 Å². The van der Waals surface area contributed by atoms with Crippen molar-refractivity contribution in [1.29, 1.82) is 0 Å². The molecule has 1 aliphatic rings. The lowest BCUT2D eigenvalue weighted by Crippen LogP contribution is -2.48. The summed E-state index contributed by atoms with van der Waals surface area (Å²) in [5.74, 6) is 0.0318. The number of sulfone groups is 1. The van der Waals surface area contributed by atoms with Gasteiger partial charge in [-0.2, -0.15) is 0 Å². The third kappa shape index (κ3) is 5.39. The molecule has 2 aromatic carbocycles. The summed E-state index contributed by atoms with van der Waals surface area (Å²) in [7, 11) is -3.59. The van der Waals surface area contributed by atoms with Crippen LogP contribution in [0.25, 0.3) is 0 Å². The van der Waals surface area contributed by atoms with Crippen LogP contribution in [0.5, 0.6) is 0 Å². The van der Waals surface area contributed by atoms with E-state index in [4.69, 9.17) is 0 Å². The molecule has 4 rings (SSSR count). The van der Waals surface area contributed by atoms with Crippen LogP contribution in [0.3, 0.4) is 0 Å². The van der Waals surface area contributed by atoms with E-state index in [-0.39, 0.29) is 22.6 Å². The van der Waals surface area contributed by atoms with Crippen molar-refractivity contribution in [3.63, 3.8) is 0 Å². The Morgan fingerprint density at radius 2 is 1.67 bits per heavy atom. The Kier molecular flexibility index (Phi) is 7.04. The number of hydrogen-bond donors (Lipinski definition) is 0. The molecule has 0 amide bonds. The van der Waals surface area contributed by atoms with Gasteiger partial charge in [-0.05, 0) is 60.2 Å². The molecule has 0 N–H and O–H groups in total. The van der Waals surface area contributed by atoms with Gasteiger partial charge < -0.3 is 4.90 Å². The Balaban J connectivity index is 1.49. The highest BCUT2D eigenvalue weighted by Crippen LogP contribution is 2.27. The van der Waals surface area contributed by atoms with Crippen LogP contribution in [-0.2, 0) is 15.7 Å². The highest BCUT2D eigenvalue weighted by molar-refractivity contribution is 7.90. The van der Waals surface area contributed by atoms with Gasteiger partial charge in [-0.3, -0.25) is 4.90 Å². The molecule has 33 heavy (non-hydrogen) atoms. The molecule has 1 aromatic heterocycles. The first kappa shape index (κ1) is 23.3. The highest BCUT2D eigenvalue weighted by atomic mass is 32.2. The van der Waals surface area contributed by atoms with Crippen molar-refractivity contribution in [3.8, 4) is 0 Å². The predicted molar refractivity (Wildman–Crippen MR) is 124 cm³/mol. The van der Waals surface area contributed by atoms with Gasteiger partial charge in [0.25, 0.3) is 0 Å². The Labute approximate surface area is 193 Å². The van der Waals surface area contributed by atoms with Crippen molar-refractivity contribution in [2.45, 2.75) is 43.5 Å². The third-order valence-corrected chi connectivity index (χ3v) is 7.61. The lowest BCUT2D eigenvalue weighted by molar-refractivity contribution is 0.165. The zero-order valence-corrected chi connectivity index (χ0v) is 19.7. The molecule has 1 atom stereocenters. The van der Waals surface area contributed by atoms with E-state index in [1.807, 2.05) is 6.92 Å². The highest BCUT2D eigenvalue weighted by Gasteiger charge is 2.30. The lowest BCUT2D eigenvalue weighted by Gasteiger charge is -2.39. The standard InChI is InChI=1S/C23H29FN6O2S/c1-3-4-22(29-15-13-28(14-16-29)20-9-7-19(24)8-10-20)23-25-26-27-30(23)17-33(31,32)21-11-5-18(2)6-12-21/h5-12,22H,3-4,13-17H2,1-2H3/t22-/m0/s1. The number of tetrazole rings is 1. The quantitative estimate of drug-likeness (QED) is 0.498. The zero-order valence-electron chi connectivity index (χ0n) is 18.9. The van der Waals surface area contributed by atoms with E-state index in [9.17, 15) is 12.8 Å². The summed E-state index contributed by atoms with van der Waals surface area (Å²) in [5.41, 5.74) is 2.00. The zero-order chi connectivity index (χ0) is 23.4. The fraction of sp³-hybridized carbons (Fsp3) is 0.435.